The summed E-state index contributed by atoms with van der Waals surface area (Å²) >= 11 is 0. The van der Waals surface area contributed by atoms with Crippen molar-refractivity contribution in [1.29, 1.82) is 0 Å². The van der Waals surface area contributed by atoms with E-state index in [9.17, 15) is 4.79 Å². The number of para-hydroxylation sites is 1. The molecule has 23 heavy (non-hydrogen) atoms. The van der Waals surface area contributed by atoms with Crippen LogP contribution < -0.4 is 10.1 Å². The van der Waals surface area contributed by atoms with E-state index in [2.05, 4.69) is 10.3 Å². The molecule has 0 spiro atoms. The Balaban J connectivity index is 1.76. The van der Waals surface area contributed by atoms with Crippen molar-refractivity contribution in [1.82, 2.24) is 14.9 Å². The molecule has 0 saturated carbocycles. The van der Waals surface area contributed by atoms with Crippen molar-refractivity contribution in [2.75, 3.05) is 13.2 Å². The van der Waals surface area contributed by atoms with Crippen molar-refractivity contribution in [3.8, 4) is 5.75 Å². The Morgan fingerprint density at radius 3 is 3.04 bits per heavy atom. The highest BCUT2D eigenvalue weighted by Gasteiger charge is 2.34. The topological polar surface area (TPSA) is 65.4 Å². The van der Waals surface area contributed by atoms with Gasteiger partial charge in [0.15, 0.2) is 0 Å². The van der Waals surface area contributed by atoms with Crippen LogP contribution in [0, 0.1) is 0 Å². The van der Waals surface area contributed by atoms with Gasteiger partial charge in [0.05, 0.1) is 18.2 Å². The van der Waals surface area contributed by atoms with Crippen LogP contribution in [0.15, 0.2) is 36.7 Å². The number of aryl methyl sites for hydroxylation is 1. The number of imidazole rings is 1. The lowest BCUT2D eigenvalue weighted by Crippen LogP contribution is -2.37. The number of benzene rings is 1. The van der Waals surface area contributed by atoms with E-state index in [1.807, 2.05) is 36.9 Å². The Morgan fingerprint density at radius 2 is 2.30 bits per heavy atom. The van der Waals surface area contributed by atoms with Gasteiger partial charge < -0.3 is 19.4 Å². The lowest BCUT2D eigenvalue weighted by atomic mass is 10.1. The largest absolute Gasteiger partial charge is 0.493 e. The van der Waals surface area contributed by atoms with E-state index in [4.69, 9.17) is 9.47 Å². The molecule has 0 unspecified atom stereocenters. The van der Waals surface area contributed by atoms with Gasteiger partial charge in [-0.05, 0) is 25.5 Å². The first kappa shape index (κ1) is 15.6. The second-order valence-corrected chi connectivity index (χ2v) is 5.49. The number of hydrogen-bond acceptors (Lipinski definition) is 4. The second kappa shape index (κ2) is 6.83. The molecule has 2 atom stereocenters. The van der Waals surface area contributed by atoms with Crippen molar-refractivity contribution in [3.05, 3.63) is 48.0 Å². The summed E-state index contributed by atoms with van der Waals surface area (Å²) in [7, 11) is 1.92. The first-order valence-corrected chi connectivity index (χ1v) is 7.82. The van der Waals surface area contributed by atoms with Crippen molar-refractivity contribution in [2.24, 2.45) is 7.05 Å². The van der Waals surface area contributed by atoms with Crippen molar-refractivity contribution in [3.63, 3.8) is 0 Å². The van der Waals surface area contributed by atoms with Crippen LogP contribution in [0.3, 0.4) is 0 Å². The first-order chi connectivity index (χ1) is 11.2. The minimum absolute atomic E-state index is 0.0988. The lowest BCUT2D eigenvalue weighted by Gasteiger charge is -2.20. The highest BCUT2D eigenvalue weighted by molar-refractivity contribution is 5.97. The Kier molecular flexibility index (Phi) is 4.62. The SMILES string of the molecule is CCOc1ccccc1C(=O)N[C@H]1CCO[C@@H]1c1nccn1C. The van der Waals surface area contributed by atoms with Gasteiger partial charge in [0.2, 0.25) is 0 Å². The van der Waals surface area contributed by atoms with E-state index >= 15 is 0 Å². The molecule has 0 aliphatic carbocycles. The van der Waals surface area contributed by atoms with Crippen LogP contribution in [0.25, 0.3) is 0 Å². The number of amides is 1. The fourth-order valence-electron chi connectivity index (χ4n) is 2.82. The van der Waals surface area contributed by atoms with Crippen molar-refractivity contribution >= 4 is 5.91 Å². The minimum Gasteiger partial charge on any atom is -0.493 e. The third-order valence-corrected chi connectivity index (χ3v) is 3.95. The van der Waals surface area contributed by atoms with Gasteiger partial charge in [-0.3, -0.25) is 4.79 Å². The van der Waals surface area contributed by atoms with E-state index in [0.29, 0.717) is 24.5 Å². The zero-order chi connectivity index (χ0) is 16.2. The summed E-state index contributed by atoms with van der Waals surface area (Å²) in [6, 6.07) is 7.17. The number of rotatable bonds is 5. The minimum atomic E-state index is -0.224. The van der Waals surface area contributed by atoms with Crippen LogP contribution in [0.1, 0.15) is 35.6 Å². The number of carbonyl (C=O) groups is 1. The molecule has 1 amide bonds. The Morgan fingerprint density at radius 1 is 1.48 bits per heavy atom. The number of ether oxygens (including phenoxy) is 2. The summed E-state index contributed by atoms with van der Waals surface area (Å²) in [5.41, 5.74) is 0.542. The molecule has 2 heterocycles. The van der Waals surface area contributed by atoms with Gasteiger partial charge in [-0.15, -0.1) is 0 Å². The van der Waals surface area contributed by atoms with Crippen LogP contribution >= 0.6 is 0 Å². The summed E-state index contributed by atoms with van der Waals surface area (Å²) in [4.78, 5) is 17.0. The molecule has 3 rings (SSSR count). The van der Waals surface area contributed by atoms with Gasteiger partial charge in [0, 0.05) is 26.0 Å². The van der Waals surface area contributed by atoms with E-state index in [1.165, 1.54) is 0 Å². The number of nitrogens with zero attached hydrogens (tertiary/aromatic N) is 2. The third-order valence-electron chi connectivity index (χ3n) is 3.95. The quantitative estimate of drug-likeness (QED) is 0.917. The van der Waals surface area contributed by atoms with E-state index in [-0.39, 0.29) is 18.1 Å². The summed E-state index contributed by atoms with van der Waals surface area (Å²) in [5, 5.41) is 3.06. The van der Waals surface area contributed by atoms with E-state index in [1.54, 1.807) is 18.3 Å². The summed E-state index contributed by atoms with van der Waals surface area (Å²) in [6.45, 7) is 3.03. The zero-order valence-corrected chi connectivity index (χ0v) is 13.4. The molecule has 1 aliphatic rings. The molecule has 1 aromatic carbocycles. The molecule has 6 heteroatoms. The monoisotopic (exact) mass is 315 g/mol. The molecule has 1 N–H and O–H groups in total. The maximum absolute atomic E-state index is 12.6. The molecular weight excluding hydrogens is 294 g/mol. The standard InChI is InChI=1S/C17H21N3O3/c1-3-22-14-7-5-4-6-12(14)17(21)19-13-8-11-23-15(13)16-18-9-10-20(16)2/h4-7,9-10,13,15H,3,8,11H2,1-2H3,(H,19,21)/t13-,15-/m0/s1. The van der Waals surface area contributed by atoms with Crippen LogP contribution in [0.2, 0.25) is 0 Å². The fourth-order valence-corrected chi connectivity index (χ4v) is 2.82. The molecule has 122 valence electrons. The summed E-state index contributed by atoms with van der Waals surface area (Å²) < 4.78 is 13.2. The Hall–Kier alpha value is -2.34. The summed E-state index contributed by atoms with van der Waals surface area (Å²) in [6.07, 6.45) is 4.15. The van der Waals surface area contributed by atoms with Gasteiger partial charge in [-0.1, -0.05) is 12.1 Å². The first-order valence-electron chi connectivity index (χ1n) is 7.82. The van der Waals surface area contributed by atoms with Gasteiger partial charge >= 0.3 is 0 Å². The van der Waals surface area contributed by atoms with Gasteiger partial charge in [-0.2, -0.15) is 0 Å². The molecule has 1 aromatic heterocycles. The van der Waals surface area contributed by atoms with Crippen LogP contribution in [-0.4, -0.2) is 34.7 Å². The zero-order valence-electron chi connectivity index (χ0n) is 13.4. The molecule has 0 bridgehead atoms. The number of carbonyl (C=O) groups excluding carboxylic acids is 1. The molecule has 6 nitrogen and oxygen atoms in total. The predicted molar refractivity (Wildman–Crippen MR) is 85.4 cm³/mol. The second-order valence-electron chi connectivity index (χ2n) is 5.49. The Bertz CT molecular complexity index is 683. The van der Waals surface area contributed by atoms with Gasteiger partial charge in [-0.25, -0.2) is 4.98 Å². The smallest absolute Gasteiger partial charge is 0.255 e. The highest BCUT2D eigenvalue weighted by Crippen LogP contribution is 2.28. The number of aromatic nitrogens is 2. The maximum atomic E-state index is 12.6. The maximum Gasteiger partial charge on any atom is 0.255 e. The highest BCUT2D eigenvalue weighted by atomic mass is 16.5. The average Bonchev–Trinajstić information content (AvgIpc) is 3.16. The van der Waals surface area contributed by atoms with Crippen LogP contribution in [0.5, 0.6) is 5.75 Å². The lowest BCUT2D eigenvalue weighted by molar-refractivity contribution is 0.0777. The number of nitrogens with one attached hydrogen (secondary N) is 1. The number of hydrogen-bond donors (Lipinski definition) is 1. The van der Waals surface area contributed by atoms with E-state index in [0.717, 1.165) is 12.2 Å². The predicted octanol–water partition coefficient (Wildman–Crippen LogP) is 2.08. The molecule has 2 aromatic rings. The van der Waals surface area contributed by atoms with Crippen LogP contribution in [-0.2, 0) is 11.8 Å². The van der Waals surface area contributed by atoms with Gasteiger partial charge in [0.1, 0.15) is 17.7 Å². The third kappa shape index (κ3) is 3.22. The fraction of sp³-hybridized carbons (Fsp3) is 0.412. The normalized spacial score (nSPS) is 20.4. The molecule has 1 saturated heterocycles. The van der Waals surface area contributed by atoms with E-state index < -0.39 is 0 Å². The van der Waals surface area contributed by atoms with Crippen molar-refractivity contribution < 1.29 is 14.3 Å². The molecule has 1 fully saturated rings. The van der Waals surface area contributed by atoms with Crippen LogP contribution in [0.4, 0.5) is 0 Å². The summed E-state index contributed by atoms with van der Waals surface area (Å²) in [5.74, 6) is 1.27. The average molecular weight is 315 g/mol. The Labute approximate surface area is 135 Å². The molecule has 0 radical (unpaired) electrons. The molecular formula is C17H21N3O3. The van der Waals surface area contributed by atoms with Crippen molar-refractivity contribution in [2.45, 2.75) is 25.5 Å². The molecule has 1 aliphatic heterocycles. The van der Waals surface area contributed by atoms with Gasteiger partial charge in [0.25, 0.3) is 5.91 Å².